The smallest absolute Gasteiger partial charge is 0.338 e. The zero-order chi connectivity index (χ0) is 24.4. The number of carbonyl (C=O) groups is 1. The first-order chi connectivity index (χ1) is 16.4. The van der Waals surface area contributed by atoms with Crippen molar-refractivity contribution in [2.24, 2.45) is 4.99 Å². The first-order valence-corrected chi connectivity index (χ1v) is 11.7. The number of carbonyl (C=O) groups excluding carboxylic acids is 1. The van der Waals surface area contributed by atoms with Crippen LogP contribution in [0.2, 0.25) is 5.02 Å². The molecule has 1 aliphatic heterocycles. The molecule has 7 nitrogen and oxygen atoms in total. The number of fused-ring (bicyclic) bond motifs is 1. The van der Waals surface area contributed by atoms with Gasteiger partial charge < -0.3 is 14.2 Å². The predicted octanol–water partition coefficient (Wildman–Crippen LogP) is 3.47. The number of benzene rings is 2. The van der Waals surface area contributed by atoms with E-state index in [1.165, 1.54) is 15.9 Å². The molecule has 0 fully saturated rings. The third-order valence-corrected chi connectivity index (χ3v) is 6.66. The molecule has 2 aromatic carbocycles. The van der Waals surface area contributed by atoms with Crippen LogP contribution < -0.4 is 24.4 Å². The number of hydrogen-bond acceptors (Lipinski definition) is 7. The Morgan fingerprint density at radius 2 is 1.91 bits per heavy atom. The number of allylic oxidation sites excluding steroid dienone is 1. The lowest BCUT2D eigenvalue weighted by Gasteiger charge is -2.24. The van der Waals surface area contributed by atoms with Crippen molar-refractivity contribution in [2.75, 3.05) is 20.8 Å². The van der Waals surface area contributed by atoms with Gasteiger partial charge in [-0.05, 0) is 43.7 Å². The molecule has 0 spiro atoms. The summed E-state index contributed by atoms with van der Waals surface area (Å²) in [6.07, 6.45) is 1.74. The average Bonchev–Trinajstić information content (AvgIpc) is 3.13. The number of hydrogen-bond donors (Lipinski definition) is 0. The van der Waals surface area contributed by atoms with Crippen LogP contribution in [0.4, 0.5) is 0 Å². The van der Waals surface area contributed by atoms with Gasteiger partial charge in [0, 0.05) is 10.6 Å². The summed E-state index contributed by atoms with van der Waals surface area (Å²) in [5.74, 6) is 0.574. The van der Waals surface area contributed by atoms with Gasteiger partial charge in [-0.25, -0.2) is 9.79 Å². The van der Waals surface area contributed by atoms with Crippen LogP contribution in [0.15, 0.2) is 63.5 Å². The molecule has 3 aromatic rings. The van der Waals surface area contributed by atoms with Crippen molar-refractivity contribution in [1.82, 2.24) is 4.57 Å². The van der Waals surface area contributed by atoms with E-state index in [1.54, 1.807) is 64.5 Å². The number of thiazole rings is 1. The summed E-state index contributed by atoms with van der Waals surface area (Å²) in [6.45, 7) is 3.70. The van der Waals surface area contributed by atoms with Gasteiger partial charge in [-0.15, -0.1) is 0 Å². The Bertz CT molecular complexity index is 1450. The topological polar surface area (TPSA) is 79.1 Å². The number of nitrogens with zero attached hydrogens (tertiary/aromatic N) is 2. The minimum Gasteiger partial charge on any atom is -0.493 e. The van der Waals surface area contributed by atoms with E-state index in [-0.39, 0.29) is 12.2 Å². The van der Waals surface area contributed by atoms with Gasteiger partial charge in [0.15, 0.2) is 16.3 Å². The van der Waals surface area contributed by atoms with E-state index in [4.69, 9.17) is 25.8 Å². The average molecular weight is 499 g/mol. The first-order valence-electron chi connectivity index (χ1n) is 10.6. The Labute approximate surface area is 205 Å². The first kappa shape index (κ1) is 23.8. The molecule has 1 unspecified atom stereocenters. The van der Waals surface area contributed by atoms with Crippen molar-refractivity contribution in [2.45, 2.75) is 19.9 Å². The molecular weight excluding hydrogens is 476 g/mol. The Kier molecular flexibility index (Phi) is 6.90. The van der Waals surface area contributed by atoms with Crippen LogP contribution in [0, 0.1) is 0 Å². The second kappa shape index (κ2) is 9.87. The summed E-state index contributed by atoms with van der Waals surface area (Å²) in [5.41, 5.74) is 1.97. The predicted molar refractivity (Wildman–Crippen MR) is 131 cm³/mol. The maximum absolute atomic E-state index is 13.7. The van der Waals surface area contributed by atoms with Gasteiger partial charge in [0.25, 0.3) is 5.56 Å². The highest BCUT2D eigenvalue weighted by molar-refractivity contribution is 7.07. The summed E-state index contributed by atoms with van der Waals surface area (Å²) in [5, 5.41) is 0.555. The van der Waals surface area contributed by atoms with Crippen LogP contribution in [0.25, 0.3) is 6.08 Å². The number of aromatic nitrogens is 1. The fourth-order valence-corrected chi connectivity index (χ4v) is 5.08. The Balaban J connectivity index is 1.97. The minimum atomic E-state index is -0.693. The lowest BCUT2D eigenvalue weighted by atomic mass is 9.96. The molecule has 1 aliphatic rings. The van der Waals surface area contributed by atoms with Crippen molar-refractivity contribution in [3.63, 3.8) is 0 Å². The number of para-hydroxylation sites is 1. The van der Waals surface area contributed by atoms with Crippen molar-refractivity contribution in [3.05, 3.63) is 89.6 Å². The van der Waals surface area contributed by atoms with Crippen LogP contribution in [0.5, 0.6) is 11.5 Å². The van der Waals surface area contributed by atoms with Crippen LogP contribution in [0.3, 0.4) is 0 Å². The number of rotatable bonds is 6. The highest BCUT2D eigenvalue weighted by atomic mass is 35.5. The molecule has 4 rings (SSSR count). The third-order valence-electron chi connectivity index (χ3n) is 5.42. The minimum absolute atomic E-state index is 0.211. The van der Waals surface area contributed by atoms with Crippen LogP contribution in [-0.2, 0) is 9.53 Å². The van der Waals surface area contributed by atoms with E-state index in [9.17, 15) is 9.59 Å². The van der Waals surface area contributed by atoms with E-state index in [1.807, 2.05) is 12.1 Å². The van der Waals surface area contributed by atoms with Crippen LogP contribution in [0.1, 0.15) is 31.0 Å². The molecule has 0 radical (unpaired) electrons. The zero-order valence-electron chi connectivity index (χ0n) is 19.1. The van der Waals surface area contributed by atoms with E-state index in [0.717, 1.165) is 5.56 Å². The maximum Gasteiger partial charge on any atom is 0.338 e. The van der Waals surface area contributed by atoms with Crippen LogP contribution >= 0.6 is 22.9 Å². The van der Waals surface area contributed by atoms with Crippen molar-refractivity contribution < 1.29 is 19.0 Å². The largest absolute Gasteiger partial charge is 0.493 e. The van der Waals surface area contributed by atoms with Crippen LogP contribution in [-0.4, -0.2) is 31.4 Å². The van der Waals surface area contributed by atoms with Gasteiger partial charge in [0.2, 0.25) is 0 Å². The van der Waals surface area contributed by atoms with Crippen molar-refractivity contribution >= 4 is 35.0 Å². The number of ether oxygens (including phenoxy) is 3. The molecule has 0 saturated heterocycles. The number of methoxy groups -OCH3 is 2. The molecule has 0 amide bonds. The lowest BCUT2D eigenvalue weighted by molar-refractivity contribution is -0.139. The molecule has 176 valence electrons. The van der Waals surface area contributed by atoms with E-state index in [0.29, 0.717) is 42.7 Å². The summed E-state index contributed by atoms with van der Waals surface area (Å²) in [4.78, 5) is 31.7. The lowest BCUT2D eigenvalue weighted by Crippen LogP contribution is -2.39. The summed E-state index contributed by atoms with van der Waals surface area (Å²) in [6, 6.07) is 11.8. The highest BCUT2D eigenvalue weighted by Crippen LogP contribution is 2.32. The van der Waals surface area contributed by atoms with Gasteiger partial charge in [-0.2, -0.15) is 0 Å². The van der Waals surface area contributed by atoms with Gasteiger partial charge in [0.05, 0.1) is 42.7 Å². The molecule has 34 heavy (non-hydrogen) atoms. The van der Waals surface area contributed by atoms with E-state index in [2.05, 4.69) is 4.99 Å². The Morgan fingerprint density at radius 3 is 2.56 bits per heavy atom. The molecule has 2 heterocycles. The van der Waals surface area contributed by atoms with Crippen molar-refractivity contribution in [1.29, 1.82) is 0 Å². The molecule has 0 N–H and O–H groups in total. The normalized spacial score (nSPS) is 15.6. The van der Waals surface area contributed by atoms with Gasteiger partial charge in [-0.1, -0.05) is 47.2 Å². The van der Waals surface area contributed by atoms with E-state index >= 15 is 0 Å². The third kappa shape index (κ3) is 4.26. The fourth-order valence-electron chi connectivity index (χ4n) is 3.92. The standard InChI is InChI=1S/C25H23ClN2O5S/c1-5-33-24(30)20-14(2)27-25-28(21(20)15-9-11-17(26)12-10-15)23(29)19(34-25)13-16-7-6-8-18(31-3)22(16)32-4/h6-13,21H,5H2,1-4H3. The van der Waals surface area contributed by atoms with Crippen molar-refractivity contribution in [3.8, 4) is 11.5 Å². The second-order valence-electron chi connectivity index (χ2n) is 7.44. The molecule has 0 aliphatic carbocycles. The summed E-state index contributed by atoms with van der Waals surface area (Å²) in [7, 11) is 3.10. The quantitative estimate of drug-likeness (QED) is 0.486. The zero-order valence-corrected chi connectivity index (χ0v) is 20.7. The fraction of sp³-hybridized carbons (Fsp3) is 0.240. The monoisotopic (exact) mass is 498 g/mol. The number of esters is 1. The van der Waals surface area contributed by atoms with E-state index < -0.39 is 12.0 Å². The second-order valence-corrected chi connectivity index (χ2v) is 8.88. The van der Waals surface area contributed by atoms with Gasteiger partial charge >= 0.3 is 5.97 Å². The molecular formula is C25H23ClN2O5S. The van der Waals surface area contributed by atoms with Gasteiger partial charge in [0.1, 0.15) is 0 Å². The Hall–Kier alpha value is -3.36. The molecule has 0 saturated carbocycles. The molecule has 1 aromatic heterocycles. The summed E-state index contributed by atoms with van der Waals surface area (Å²) < 4.78 is 18.2. The maximum atomic E-state index is 13.7. The molecule has 0 bridgehead atoms. The summed E-state index contributed by atoms with van der Waals surface area (Å²) >= 11 is 7.33. The Morgan fingerprint density at radius 1 is 1.18 bits per heavy atom. The highest BCUT2D eigenvalue weighted by Gasteiger charge is 2.33. The number of halogens is 1. The molecule has 1 atom stereocenters. The SMILES string of the molecule is CCOC(=O)C1=C(C)N=c2sc(=Cc3cccc(OC)c3OC)c(=O)n2C1c1ccc(Cl)cc1. The molecule has 9 heteroatoms. The van der Waals surface area contributed by atoms with Gasteiger partial charge in [-0.3, -0.25) is 9.36 Å².